The molecule has 1 amide bonds. The Balaban J connectivity index is 1.16. The maximum atomic E-state index is 13.5. The number of sulfonamides is 1. The van der Waals surface area contributed by atoms with E-state index in [0.29, 0.717) is 50.2 Å². The van der Waals surface area contributed by atoms with E-state index >= 15 is 0 Å². The first-order chi connectivity index (χ1) is 16.2. The molecular formula is C24H32F2N4O3S. The molecule has 1 aromatic carbocycles. The molecule has 2 aliphatic rings. The van der Waals surface area contributed by atoms with Crippen molar-refractivity contribution in [2.45, 2.75) is 50.0 Å². The maximum absolute atomic E-state index is 13.5. The number of benzene rings is 1. The Morgan fingerprint density at radius 1 is 1.09 bits per heavy atom. The van der Waals surface area contributed by atoms with Crippen LogP contribution in [-0.4, -0.2) is 61.7 Å². The predicted molar refractivity (Wildman–Crippen MR) is 125 cm³/mol. The molecule has 0 radical (unpaired) electrons. The van der Waals surface area contributed by atoms with E-state index in [-0.39, 0.29) is 10.8 Å². The van der Waals surface area contributed by atoms with E-state index in [9.17, 15) is 22.0 Å². The van der Waals surface area contributed by atoms with Crippen molar-refractivity contribution in [2.75, 3.05) is 33.2 Å². The third kappa shape index (κ3) is 5.84. The lowest BCUT2D eigenvalue weighted by Gasteiger charge is -2.31. The Morgan fingerprint density at radius 3 is 2.50 bits per heavy atom. The molecule has 2 aliphatic heterocycles. The van der Waals surface area contributed by atoms with Crippen molar-refractivity contribution in [2.24, 2.45) is 5.92 Å². The average molecular weight is 495 g/mol. The second kappa shape index (κ2) is 10.5. The number of nitrogens with one attached hydrogen (secondary N) is 2. The van der Waals surface area contributed by atoms with Crippen LogP contribution in [0, 0.1) is 17.6 Å². The van der Waals surface area contributed by atoms with Crippen LogP contribution < -0.4 is 5.32 Å². The smallest absolute Gasteiger partial charge is 0.267 e. The van der Waals surface area contributed by atoms with Crippen LogP contribution >= 0.6 is 0 Å². The van der Waals surface area contributed by atoms with Crippen LogP contribution in [0.1, 0.15) is 53.8 Å². The van der Waals surface area contributed by atoms with Crippen molar-refractivity contribution in [3.8, 4) is 0 Å². The number of piperidine rings is 1. The maximum Gasteiger partial charge on any atom is 0.267 e. The minimum atomic E-state index is -3.90. The van der Waals surface area contributed by atoms with Crippen LogP contribution in [0.15, 0.2) is 29.2 Å². The van der Waals surface area contributed by atoms with Crippen LogP contribution in [0.5, 0.6) is 0 Å². The van der Waals surface area contributed by atoms with Crippen LogP contribution in [0.4, 0.5) is 8.78 Å². The molecule has 1 aromatic heterocycles. The van der Waals surface area contributed by atoms with Gasteiger partial charge >= 0.3 is 0 Å². The monoisotopic (exact) mass is 494 g/mol. The number of amides is 1. The summed E-state index contributed by atoms with van der Waals surface area (Å²) < 4.78 is 53.6. The summed E-state index contributed by atoms with van der Waals surface area (Å²) >= 11 is 0. The molecule has 0 atom stereocenters. The molecule has 0 aliphatic carbocycles. The summed E-state index contributed by atoms with van der Waals surface area (Å²) in [7, 11) is -1.83. The van der Waals surface area contributed by atoms with Gasteiger partial charge in [-0.05, 0) is 56.0 Å². The van der Waals surface area contributed by atoms with E-state index < -0.39 is 21.7 Å². The zero-order valence-electron chi connectivity index (χ0n) is 19.4. The summed E-state index contributed by atoms with van der Waals surface area (Å²) in [5, 5.41) is 2.98. The lowest BCUT2D eigenvalue weighted by Crippen LogP contribution is -2.38. The molecule has 2 N–H and O–H groups in total. The van der Waals surface area contributed by atoms with Crippen molar-refractivity contribution < 1.29 is 22.0 Å². The quantitative estimate of drug-likeness (QED) is 0.552. The van der Waals surface area contributed by atoms with Gasteiger partial charge in [-0.3, -0.25) is 4.79 Å². The van der Waals surface area contributed by atoms with Crippen molar-refractivity contribution in [1.82, 2.24) is 19.5 Å². The third-order valence-electron chi connectivity index (χ3n) is 6.79. The largest absolute Gasteiger partial charge is 0.354 e. The van der Waals surface area contributed by atoms with E-state index in [4.69, 9.17) is 0 Å². The van der Waals surface area contributed by atoms with Crippen LogP contribution in [-0.2, 0) is 23.0 Å². The van der Waals surface area contributed by atoms with Gasteiger partial charge in [0.2, 0.25) is 10.0 Å². The topological polar surface area (TPSA) is 85.5 Å². The van der Waals surface area contributed by atoms with E-state index in [2.05, 4.69) is 22.2 Å². The van der Waals surface area contributed by atoms with Gasteiger partial charge < -0.3 is 15.2 Å². The standard InChI is InChI=1S/C24H32F2N4O3S/c1-29-9-7-22-18(16-29)12-23(28-22)24(31)27-8-3-2-4-17-5-10-30(11-6-17)34(32,33)21-14-19(25)13-20(26)15-21/h12-15,17,28H,2-11,16H2,1H3,(H,27,31). The highest BCUT2D eigenvalue weighted by atomic mass is 32.2. The highest BCUT2D eigenvalue weighted by molar-refractivity contribution is 7.89. The van der Waals surface area contributed by atoms with Gasteiger partial charge in [0.25, 0.3) is 5.91 Å². The van der Waals surface area contributed by atoms with Gasteiger partial charge in [0.05, 0.1) is 4.90 Å². The Hall–Kier alpha value is -2.30. The molecule has 0 unspecified atom stereocenters. The Labute approximate surface area is 199 Å². The van der Waals surface area contributed by atoms with E-state index in [1.165, 1.54) is 9.87 Å². The molecule has 10 heteroatoms. The number of nitrogens with zero attached hydrogens (tertiary/aromatic N) is 2. The zero-order valence-corrected chi connectivity index (χ0v) is 20.3. The Kier molecular flexibility index (Phi) is 7.69. The fraction of sp³-hybridized carbons (Fsp3) is 0.542. The number of rotatable bonds is 8. The number of fused-ring (bicyclic) bond motifs is 1. The summed E-state index contributed by atoms with van der Waals surface area (Å²) in [6, 6.07) is 4.33. The molecule has 0 bridgehead atoms. The number of halogens is 2. The number of carbonyl (C=O) groups excluding carboxylic acids is 1. The highest BCUT2D eigenvalue weighted by Crippen LogP contribution is 2.27. The van der Waals surface area contributed by atoms with Gasteiger partial charge in [-0.2, -0.15) is 4.31 Å². The number of likely N-dealkylation sites (N-methyl/N-ethyl adjacent to an activating group) is 1. The summed E-state index contributed by atoms with van der Waals surface area (Å²) in [6.45, 7) is 3.13. The number of aromatic nitrogens is 1. The van der Waals surface area contributed by atoms with Crippen molar-refractivity contribution in [3.05, 3.63) is 52.9 Å². The summed E-state index contributed by atoms with van der Waals surface area (Å²) in [5.74, 6) is -1.48. The summed E-state index contributed by atoms with van der Waals surface area (Å²) in [4.78, 5) is 17.6. The SMILES string of the molecule is CN1CCc2[nH]c(C(=O)NCCCCC3CCN(S(=O)(=O)c4cc(F)cc(F)c4)CC3)cc2C1. The van der Waals surface area contributed by atoms with Crippen LogP contribution in [0.25, 0.3) is 0 Å². The van der Waals surface area contributed by atoms with Crippen LogP contribution in [0.2, 0.25) is 0 Å². The minimum Gasteiger partial charge on any atom is -0.354 e. The second-order valence-corrected chi connectivity index (χ2v) is 11.3. The number of hydrogen-bond acceptors (Lipinski definition) is 4. The Morgan fingerprint density at radius 2 is 1.79 bits per heavy atom. The van der Waals surface area contributed by atoms with Gasteiger partial charge in [-0.1, -0.05) is 12.8 Å². The van der Waals surface area contributed by atoms with Gasteiger partial charge in [-0.15, -0.1) is 0 Å². The number of aromatic amines is 1. The molecule has 186 valence electrons. The fourth-order valence-electron chi connectivity index (χ4n) is 4.82. The second-order valence-electron chi connectivity index (χ2n) is 9.38. The van der Waals surface area contributed by atoms with Crippen LogP contribution in [0.3, 0.4) is 0 Å². The lowest BCUT2D eigenvalue weighted by atomic mass is 9.92. The number of H-pyrrole nitrogens is 1. The first kappa shape index (κ1) is 24.8. The molecule has 2 aromatic rings. The highest BCUT2D eigenvalue weighted by Gasteiger charge is 2.30. The fourth-order valence-corrected chi connectivity index (χ4v) is 6.33. The Bertz CT molecular complexity index is 1110. The van der Waals surface area contributed by atoms with E-state index in [1.54, 1.807) is 0 Å². The molecule has 0 saturated carbocycles. The summed E-state index contributed by atoms with van der Waals surface area (Å²) in [6.07, 6.45) is 5.12. The first-order valence-electron chi connectivity index (χ1n) is 11.9. The molecular weight excluding hydrogens is 462 g/mol. The van der Waals surface area contributed by atoms with Gasteiger partial charge in [0, 0.05) is 50.9 Å². The number of hydrogen-bond donors (Lipinski definition) is 2. The van der Waals surface area contributed by atoms with Crippen molar-refractivity contribution in [3.63, 3.8) is 0 Å². The molecule has 34 heavy (non-hydrogen) atoms. The molecule has 1 saturated heterocycles. The third-order valence-corrected chi connectivity index (χ3v) is 8.67. The zero-order chi connectivity index (χ0) is 24.3. The molecule has 7 nitrogen and oxygen atoms in total. The first-order valence-corrected chi connectivity index (χ1v) is 13.3. The molecule has 3 heterocycles. The van der Waals surface area contributed by atoms with Crippen molar-refractivity contribution >= 4 is 15.9 Å². The minimum absolute atomic E-state index is 0.0793. The molecule has 4 rings (SSSR count). The van der Waals surface area contributed by atoms with E-state index in [0.717, 1.165) is 56.6 Å². The summed E-state index contributed by atoms with van der Waals surface area (Å²) in [5.41, 5.74) is 2.96. The van der Waals surface area contributed by atoms with Gasteiger partial charge in [0.1, 0.15) is 17.3 Å². The van der Waals surface area contributed by atoms with Crippen molar-refractivity contribution in [1.29, 1.82) is 0 Å². The lowest BCUT2D eigenvalue weighted by molar-refractivity contribution is 0.0948. The normalized spacial score (nSPS) is 18.1. The predicted octanol–water partition coefficient (Wildman–Crippen LogP) is 3.28. The number of unbranched alkanes of at least 4 members (excludes halogenated alkanes) is 1. The number of carbonyl (C=O) groups is 1. The molecule has 0 spiro atoms. The molecule has 1 fully saturated rings. The van der Waals surface area contributed by atoms with Gasteiger partial charge in [0.15, 0.2) is 0 Å². The average Bonchev–Trinajstić information content (AvgIpc) is 3.22. The van der Waals surface area contributed by atoms with Gasteiger partial charge in [-0.25, -0.2) is 17.2 Å². The van der Waals surface area contributed by atoms with E-state index in [1.807, 2.05) is 6.07 Å².